The predicted molar refractivity (Wildman–Crippen MR) is 78.1 cm³/mol. The molecule has 7 nitrogen and oxygen atoms in total. The molecular formula is C14H16FNO6S. The molecule has 23 heavy (non-hydrogen) atoms. The fraction of sp³-hybridized carbons (Fsp3) is 0.429. The highest BCUT2D eigenvalue weighted by molar-refractivity contribution is 7.87. The average molecular weight is 345 g/mol. The van der Waals surface area contributed by atoms with Gasteiger partial charge in [0.05, 0.1) is 19.6 Å². The van der Waals surface area contributed by atoms with Crippen LogP contribution in [0.25, 0.3) is 0 Å². The number of hydrogen-bond acceptors (Lipinski definition) is 5. The highest BCUT2D eigenvalue weighted by Gasteiger charge is 2.42. The van der Waals surface area contributed by atoms with Gasteiger partial charge in [-0.25, -0.2) is 0 Å². The number of hydrogen-bond donors (Lipinski definition) is 1. The zero-order valence-corrected chi connectivity index (χ0v) is 13.1. The van der Waals surface area contributed by atoms with E-state index in [4.69, 9.17) is 9.84 Å². The van der Waals surface area contributed by atoms with Gasteiger partial charge >= 0.3 is 16.2 Å². The van der Waals surface area contributed by atoms with E-state index in [0.717, 1.165) is 4.90 Å². The van der Waals surface area contributed by atoms with Gasteiger partial charge in [-0.05, 0) is 17.7 Å². The summed E-state index contributed by atoms with van der Waals surface area (Å²) >= 11 is 0. The van der Waals surface area contributed by atoms with Crippen molar-refractivity contribution < 1.29 is 31.7 Å². The number of halogens is 1. The lowest BCUT2D eigenvalue weighted by molar-refractivity contribution is -0.139. The van der Waals surface area contributed by atoms with Crippen LogP contribution >= 0.6 is 0 Å². The average Bonchev–Trinajstić information content (AvgIpc) is 2.87. The largest absolute Gasteiger partial charge is 0.497 e. The molecule has 1 aliphatic rings. The third-order valence-electron chi connectivity index (χ3n) is 3.77. The molecule has 1 heterocycles. The molecule has 0 aromatic heterocycles. The van der Waals surface area contributed by atoms with Crippen LogP contribution in [0.15, 0.2) is 24.3 Å². The van der Waals surface area contributed by atoms with Crippen molar-refractivity contribution in [1.29, 1.82) is 0 Å². The smallest absolute Gasteiger partial charge is 0.307 e. The quantitative estimate of drug-likeness (QED) is 0.775. The third-order valence-corrected chi connectivity index (χ3v) is 4.88. The molecular weight excluding hydrogens is 329 g/mol. The Morgan fingerprint density at radius 2 is 2.04 bits per heavy atom. The number of likely N-dealkylation sites (tertiary alicyclic amines) is 1. The fourth-order valence-corrected chi connectivity index (χ4v) is 3.27. The van der Waals surface area contributed by atoms with Gasteiger partial charge in [0.15, 0.2) is 0 Å². The van der Waals surface area contributed by atoms with Crippen LogP contribution in [-0.2, 0) is 19.8 Å². The van der Waals surface area contributed by atoms with Crippen LogP contribution in [0.1, 0.15) is 24.4 Å². The van der Waals surface area contributed by atoms with Gasteiger partial charge in [0, 0.05) is 13.0 Å². The number of benzene rings is 1. The second-order valence-corrected chi connectivity index (χ2v) is 6.85. The van der Waals surface area contributed by atoms with Crippen LogP contribution in [-0.4, -0.2) is 49.2 Å². The molecule has 0 spiro atoms. The Balaban J connectivity index is 2.31. The van der Waals surface area contributed by atoms with Crippen LogP contribution in [0.3, 0.4) is 0 Å². The minimum Gasteiger partial charge on any atom is -0.497 e. The minimum absolute atomic E-state index is 0.359. The van der Waals surface area contributed by atoms with E-state index in [-0.39, 0.29) is 6.54 Å². The number of amides is 1. The monoisotopic (exact) mass is 345 g/mol. The SMILES string of the molecule is COc1ccc(C(CC(=O)O)N2CC(S(=O)(=O)F)CC2=O)cc1. The Morgan fingerprint density at radius 1 is 1.43 bits per heavy atom. The molecule has 1 amide bonds. The molecule has 126 valence electrons. The second-order valence-electron chi connectivity index (χ2n) is 5.23. The summed E-state index contributed by atoms with van der Waals surface area (Å²) in [4.78, 5) is 24.2. The van der Waals surface area contributed by atoms with E-state index in [0.29, 0.717) is 11.3 Å². The van der Waals surface area contributed by atoms with Crippen molar-refractivity contribution in [2.75, 3.05) is 13.7 Å². The first kappa shape index (κ1) is 17.2. The van der Waals surface area contributed by atoms with Gasteiger partial charge in [-0.15, -0.1) is 3.89 Å². The topological polar surface area (TPSA) is 101 Å². The summed E-state index contributed by atoms with van der Waals surface area (Å²) in [6.07, 6.45) is -0.887. The Hall–Kier alpha value is -2.16. The van der Waals surface area contributed by atoms with E-state index in [1.54, 1.807) is 24.3 Å². The van der Waals surface area contributed by atoms with Gasteiger partial charge in [-0.3, -0.25) is 9.59 Å². The van der Waals surface area contributed by atoms with Gasteiger partial charge in [0.1, 0.15) is 11.0 Å². The van der Waals surface area contributed by atoms with Gasteiger partial charge < -0.3 is 14.7 Å². The van der Waals surface area contributed by atoms with E-state index in [2.05, 4.69) is 0 Å². The highest BCUT2D eigenvalue weighted by atomic mass is 32.3. The molecule has 9 heteroatoms. The zero-order chi connectivity index (χ0) is 17.2. The van der Waals surface area contributed by atoms with Gasteiger partial charge in [0.2, 0.25) is 5.91 Å². The Labute approximate surface area is 132 Å². The van der Waals surface area contributed by atoms with Gasteiger partial charge in [0.25, 0.3) is 0 Å². The molecule has 1 N–H and O–H groups in total. The number of nitrogens with zero attached hydrogens (tertiary/aromatic N) is 1. The summed E-state index contributed by atoms with van der Waals surface area (Å²) in [6.45, 7) is -0.359. The molecule has 1 fully saturated rings. The number of carboxylic acids is 1. The highest BCUT2D eigenvalue weighted by Crippen LogP contribution is 2.32. The fourth-order valence-electron chi connectivity index (χ4n) is 2.59. The summed E-state index contributed by atoms with van der Waals surface area (Å²) in [6, 6.07) is 5.54. The molecule has 0 radical (unpaired) electrons. The van der Waals surface area contributed by atoms with Crippen molar-refractivity contribution in [3.63, 3.8) is 0 Å². The van der Waals surface area contributed by atoms with Crippen LogP contribution in [0, 0.1) is 0 Å². The van der Waals surface area contributed by atoms with Crippen molar-refractivity contribution in [3.05, 3.63) is 29.8 Å². The molecule has 1 aromatic carbocycles. The molecule has 0 aliphatic carbocycles. The maximum Gasteiger partial charge on any atom is 0.307 e. The van der Waals surface area contributed by atoms with E-state index in [1.807, 2.05) is 0 Å². The number of aliphatic carboxylic acids is 1. The molecule has 1 aliphatic heterocycles. The van der Waals surface area contributed by atoms with Crippen LogP contribution in [0.2, 0.25) is 0 Å². The lowest BCUT2D eigenvalue weighted by Crippen LogP contribution is -2.33. The summed E-state index contributed by atoms with van der Waals surface area (Å²) in [5.74, 6) is -1.18. The molecule has 2 unspecified atom stereocenters. The predicted octanol–water partition coefficient (Wildman–Crippen LogP) is 1.11. The summed E-state index contributed by atoms with van der Waals surface area (Å²) < 4.78 is 40.2. The number of carbonyl (C=O) groups excluding carboxylic acids is 1. The minimum atomic E-state index is -4.85. The number of rotatable bonds is 6. The summed E-state index contributed by atoms with van der Waals surface area (Å²) in [7, 11) is -3.38. The second kappa shape index (κ2) is 6.53. The number of ether oxygens (including phenoxy) is 1. The van der Waals surface area contributed by atoms with E-state index in [1.165, 1.54) is 7.11 Å². The van der Waals surface area contributed by atoms with Crippen molar-refractivity contribution >= 4 is 22.1 Å². The standard InChI is InChI=1S/C14H16FNO6S/c1-22-10-4-2-9(3-5-10)12(7-14(18)19)16-8-11(6-13(16)17)23(15,20)21/h2-5,11-12H,6-8H2,1H3,(H,18,19). The number of carbonyl (C=O) groups is 2. The Bertz CT molecular complexity index is 702. The van der Waals surface area contributed by atoms with Crippen molar-refractivity contribution in [3.8, 4) is 5.75 Å². The molecule has 0 saturated carbocycles. The van der Waals surface area contributed by atoms with Gasteiger partial charge in [-0.1, -0.05) is 12.1 Å². The van der Waals surface area contributed by atoms with Crippen molar-refractivity contribution in [2.45, 2.75) is 24.1 Å². The van der Waals surface area contributed by atoms with Crippen LogP contribution < -0.4 is 4.74 Å². The zero-order valence-electron chi connectivity index (χ0n) is 12.3. The maximum atomic E-state index is 13.1. The number of carboxylic acid groups (broad SMARTS) is 1. The van der Waals surface area contributed by atoms with Crippen molar-refractivity contribution in [1.82, 2.24) is 4.90 Å². The number of methoxy groups -OCH3 is 1. The first-order chi connectivity index (χ1) is 10.7. The van der Waals surface area contributed by atoms with E-state index >= 15 is 0 Å². The first-order valence-corrected chi connectivity index (χ1v) is 8.25. The van der Waals surface area contributed by atoms with E-state index in [9.17, 15) is 21.9 Å². The Morgan fingerprint density at radius 3 is 2.48 bits per heavy atom. The molecule has 0 bridgehead atoms. The van der Waals surface area contributed by atoms with Crippen LogP contribution in [0.4, 0.5) is 3.89 Å². The van der Waals surface area contributed by atoms with Gasteiger partial charge in [-0.2, -0.15) is 8.42 Å². The van der Waals surface area contributed by atoms with Crippen molar-refractivity contribution in [2.24, 2.45) is 0 Å². The Kier molecular flexibility index (Phi) is 4.88. The first-order valence-electron chi connectivity index (χ1n) is 6.81. The molecule has 1 aromatic rings. The molecule has 2 rings (SSSR count). The lowest BCUT2D eigenvalue weighted by Gasteiger charge is -2.27. The normalized spacial score (nSPS) is 19.7. The summed E-state index contributed by atoms with van der Waals surface area (Å²) in [5.41, 5.74) is 0.512. The van der Waals surface area contributed by atoms with E-state index < -0.39 is 46.2 Å². The molecule has 2 atom stereocenters. The third kappa shape index (κ3) is 3.98. The van der Waals surface area contributed by atoms with Crippen LogP contribution in [0.5, 0.6) is 5.75 Å². The maximum absolute atomic E-state index is 13.1. The lowest BCUT2D eigenvalue weighted by atomic mass is 10.0. The summed E-state index contributed by atoms with van der Waals surface area (Å²) in [5, 5.41) is 7.61. The molecule has 1 saturated heterocycles.